The molecular weight excluding hydrogens is 237 g/mol. The quantitative estimate of drug-likeness (QED) is 0.808. The summed E-state index contributed by atoms with van der Waals surface area (Å²) in [6.07, 6.45) is 3.43. The van der Waals surface area contributed by atoms with Crippen molar-refractivity contribution in [2.75, 3.05) is 0 Å². The van der Waals surface area contributed by atoms with Gasteiger partial charge in [0.05, 0.1) is 0 Å². The van der Waals surface area contributed by atoms with Crippen LogP contribution < -0.4 is 0 Å². The van der Waals surface area contributed by atoms with Gasteiger partial charge in [-0.1, -0.05) is 36.4 Å². The van der Waals surface area contributed by atoms with Gasteiger partial charge >= 0.3 is 13.3 Å². The molecule has 0 radical (unpaired) electrons. The molecule has 0 aromatic heterocycles. The summed E-state index contributed by atoms with van der Waals surface area (Å²) < 4.78 is 37.0. The van der Waals surface area contributed by atoms with Crippen LogP contribution in [-0.2, 0) is 10.2 Å². The number of halogens is 2. The summed E-state index contributed by atoms with van der Waals surface area (Å²) in [6.45, 7) is 1.78. The van der Waals surface area contributed by atoms with Crippen LogP contribution in [0.4, 0.5) is 8.78 Å². The molecule has 0 aliphatic heterocycles. The van der Waals surface area contributed by atoms with E-state index >= 15 is 0 Å². The molecule has 1 aromatic carbocycles. The number of benzene rings is 1. The highest BCUT2D eigenvalue weighted by Crippen LogP contribution is 2.59. The summed E-state index contributed by atoms with van der Waals surface area (Å²) in [5.41, 5.74) is -4.14. The zero-order valence-corrected chi connectivity index (χ0v) is 9.36. The van der Waals surface area contributed by atoms with E-state index in [0.29, 0.717) is 5.56 Å². The van der Waals surface area contributed by atoms with E-state index in [-0.39, 0.29) is 0 Å². The fraction of sp³-hybridized carbons (Fsp3) is 0.200. The molecule has 1 rings (SSSR count). The highest BCUT2D eigenvalue weighted by atomic mass is 31.2. The average molecular weight is 248 g/mol. The Labute approximate surface area is 91.6 Å². The van der Waals surface area contributed by atoms with Crippen molar-refractivity contribution in [1.82, 2.24) is 0 Å². The standard InChI is InChI=1S/C10H11F2O3P/c1-2-3-8-4-6-9(7-5-8)10(11,12)16(13,14)15/h2-7H,1H3,(H2,13,14,15)/b3-2+. The number of hydrogen-bond acceptors (Lipinski definition) is 1. The molecule has 0 saturated heterocycles. The largest absolute Gasteiger partial charge is 0.399 e. The maximum Gasteiger partial charge on any atom is 0.399 e. The minimum Gasteiger partial charge on any atom is -0.320 e. The van der Waals surface area contributed by atoms with Crippen LogP contribution in [0, 0.1) is 0 Å². The Kier molecular flexibility index (Phi) is 3.63. The molecule has 0 fully saturated rings. The van der Waals surface area contributed by atoms with Crippen LogP contribution >= 0.6 is 7.60 Å². The second-order valence-electron chi connectivity index (χ2n) is 3.21. The molecule has 2 N–H and O–H groups in total. The molecule has 0 atom stereocenters. The number of rotatable bonds is 3. The maximum atomic E-state index is 13.2. The van der Waals surface area contributed by atoms with Crippen molar-refractivity contribution in [3.63, 3.8) is 0 Å². The molecule has 0 heterocycles. The third-order valence-corrected chi connectivity index (χ3v) is 2.97. The van der Waals surface area contributed by atoms with E-state index in [1.54, 1.807) is 19.1 Å². The van der Waals surface area contributed by atoms with Crippen molar-refractivity contribution >= 4 is 13.7 Å². The van der Waals surface area contributed by atoms with Crippen molar-refractivity contribution in [2.24, 2.45) is 0 Å². The molecule has 0 amide bonds. The zero-order chi connectivity index (χ0) is 12.4. The van der Waals surface area contributed by atoms with Crippen LogP contribution in [0.1, 0.15) is 18.1 Å². The lowest BCUT2D eigenvalue weighted by Gasteiger charge is -2.17. The summed E-state index contributed by atoms with van der Waals surface area (Å²) in [4.78, 5) is 17.0. The monoisotopic (exact) mass is 248 g/mol. The van der Waals surface area contributed by atoms with Gasteiger partial charge in [0.1, 0.15) is 0 Å². The Bertz CT molecular complexity index is 434. The first kappa shape index (κ1) is 13.0. The summed E-state index contributed by atoms with van der Waals surface area (Å²) in [7, 11) is -5.47. The lowest BCUT2D eigenvalue weighted by Crippen LogP contribution is -2.13. The molecule has 0 aliphatic carbocycles. The summed E-state index contributed by atoms with van der Waals surface area (Å²) in [5.74, 6) is 0. The minimum atomic E-state index is -5.47. The fourth-order valence-corrected chi connectivity index (χ4v) is 1.64. The van der Waals surface area contributed by atoms with Crippen LogP contribution in [0.25, 0.3) is 6.08 Å². The second kappa shape index (κ2) is 4.45. The topological polar surface area (TPSA) is 57.5 Å². The first-order valence-electron chi connectivity index (χ1n) is 4.45. The van der Waals surface area contributed by atoms with Crippen LogP contribution in [0.15, 0.2) is 30.3 Å². The highest BCUT2D eigenvalue weighted by molar-refractivity contribution is 7.52. The maximum absolute atomic E-state index is 13.2. The molecule has 0 spiro atoms. The molecule has 16 heavy (non-hydrogen) atoms. The van der Waals surface area contributed by atoms with Gasteiger partial charge in [0.15, 0.2) is 0 Å². The molecule has 0 bridgehead atoms. The van der Waals surface area contributed by atoms with Crippen molar-refractivity contribution in [3.8, 4) is 0 Å². The number of alkyl halides is 2. The van der Waals surface area contributed by atoms with Crippen molar-refractivity contribution < 1.29 is 23.1 Å². The van der Waals surface area contributed by atoms with Gasteiger partial charge in [-0.25, -0.2) is 0 Å². The fourth-order valence-electron chi connectivity index (χ4n) is 1.16. The minimum absolute atomic E-state index is 0.686. The van der Waals surface area contributed by atoms with E-state index in [2.05, 4.69) is 0 Å². The lowest BCUT2D eigenvalue weighted by atomic mass is 10.1. The second-order valence-corrected chi connectivity index (χ2v) is 4.86. The predicted molar refractivity (Wildman–Crippen MR) is 57.1 cm³/mol. The van der Waals surface area contributed by atoms with Gasteiger partial charge < -0.3 is 9.79 Å². The molecule has 3 nitrogen and oxygen atoms in total. The van der Waals surface area contributed by atoms with Gasteiger partial charge in [-0.3, -0.25) is 4.57 Å². The molecular formula is C10H11F2O3P. The highest BCUT2D eigenvalue weighted by Gasteiger charge is 2.50. The zero-order valence-electron chi connectivity index (χ0n) is 8.47. The molecule has 88 valence electrons. The molecule has 0 aliphatic rings. The van der Waals surface area contributed by atoms with Gasteiger partial charge in [-0.15, -0.1) is 0 Å². The first-order valence-corrected chi connectivity index (χ1v) is 6.07. The van der Waals surface area contributed by atoms with Crippen LogP contribution in [0.2, 0.25) is 0 Å². The van der Waals surface area contributed by atoms with E-state index in [0.717, 1.165) is 12.1 Å². The average Bonchev–Trinajstić information content (AvgIpc) is 2.17. The Morgan fingerprint density at radius 1 is 1.25 bits per heavy atom. The first-order chi connectivity index (χ1) is 7.29. The third kappa shape index (κ3) is 2.55. The van der Waals surface area contributed by atoms with Crippen molar-refractivity contribution in [3.05, 3.63) is 41.5 Å². The Morgan fingerprint density at radius 2 is 1.75 bits per heavy atom. The normalized spacial score (nSPS) is 13.3. The number of allylic oxidation sites excluding steroid dienone is 1. The summed E-state index contributed by atoms with van der Waals surface area (Å²) >= 11 is 0. The number of hydrogen-bond donors (Lipinski definition) is 2. The van der Waals surface area contributed by atoms with Crippen molar-refractivity contribution in [2.45, 2.75) is 12.6 Å². The van der Waals surface area contributed by atoms with Gasteiger partial charge in [0, 0.05) is 5.56 Å². The van der Waals surface area contributed by atoms with E-state index in [9.17, 15) is 13.3 Å². The Hall–Kier alpha value is -1.03. The van der Waals surface area contributed by atoms with E-state index in [4.69, 9.17) is 9.79 Å². The SMILES string of the molecule is C/C=C/c1ccc(C(F)(F)P(=O)(O)O)cc1. The predicted octanol–water partition coefficient (Wildman–Crippen LogP) is 2.95. The van der Waals surface area contributed by atoms with Gasteiger partial charge in [-0.2, -0.15) is 8.78 Å². The Morgan fingerprint density at radius 3 is 2.12 bits per heavy atom. The smallest absolute Gasteiger partial charge is 0.320 e. The van der Waals surface area contributed by atoms with Gasteiger partial charge in [-0.05, 0) is 12.5 Å². The van der Waals surface area contributed by atoms with Gasteiger partial charge in [0.25, 0.3) is 0 Å². The van der Waals surface area contributed by atoms with E-state index in [1.165, 1.54) is 12.1 Å². The summed E-state index contributed by atoms with van der Waals surface area (Å²) in [6, 6.07) is 4.76. The van der Waals surface area contributed by atoms with Crippen LogP contribution in [0.3, 0.4) is 0 Å². The van der Waals surface area contributed by atoms with Crippen LogP contribution in [0.5, 0.6) is 0 Å². The molecule has 1 aromatic rings. The van der Waals surface area contributed by atoms with Crippen molar-refractivity contribution in [1.29, 1.82) is 0 Å². The Balaban J connectivity index is 3.11. The third-order valence-electron chi connectivity index (χ3n) is 1.98. The van der Waals surface area contributed by atoms with E-state index in [1.807, 2.05) is 0 Å². The van der Waals surface area contributed by atoms with E-state index < -0.39 is 18.8 Å². The lowest BCUT2D eigenvalue weighted by molar-refractivity contribution is 0.0564. The van der Waals surface area contributed by atoms with Crippen LogP contribution in [-0.4, -0.2) is 9.79 Å². The van der Waals surface area contributed by atoms with Gasteiger partial charge in [0.2, 0.25) is 0 Å². The molecule has 6 heteroatoms. The summed E-state index contributed by atoms with van der Waals surface area (Å²) in [5, 5.41) is 0. The molecule has 0 unspecified atom stereocenters. The molecule has 0 saturated carbocycles.